The minimum absolute atomic E-state index is 0.0370. The summed E-state index contributed by atoms with van der Waals surface area (Å²) in [6, 6.07) is 0. The molecule has 5 nitrogen and oxygen atoms in total. The van der Waals surface area contributed by atoms with Gasteiger partial charge in [0.15, 0.2) is 6.29 Å². The molecular formula is C9H24O5Si. The van der Waals surface area contributed by atoms with Crippen molar-refractivity contribution in [3.63, 3.8) is 0 Å². The van der Waals surface area contributed by atoms with Crippen LogP contribution in [0.25, 0.3) is 0 Å². The quantitative estimate of drug-likeness (QED) is 0.491. The van der Waals surface area contributed by atoms with Gasteiger partial charge in [-0.15, -0.1) is 0 Å². The van der Waals surface area contributed by atoms with E-state index in [1.807, 2.05) is 20.8 Å². The molecule has 0 unspecified atom stereocenters. The van der Waals surface area contributed by atoms with E-state index in [0.717, 1.165) is 13.2 Å². The Labute approximate surface area is 94.6 Å². The zero-order chi connectivity index (χ0) is 12.1. The lowest BCUT2D eigenvalue weighted by Crippen LogP contribution is -2.21. The van der Waals surface area contributed by atoms with Gasteiger partial charge in [-0.1, -0.05) is 0 Å². The molecule has 0 atom stereocenters. The van der Waals surface area contributed by atoms with Gasteiger partial charge in [0.25, 0.3) is 0 Å². The van der Waals surface area contributed by atoms with Crippen molar-refractivity contribution in [1.29, 1.82) is 0 Å². The van der Waals surface area contributed by atoms with Crippen LogP contribution in [0.5, 0.6) is 0 Å². The van der Waals surface area contributed by atoms with E-state index in [0.29, 0.717) is 0 Å². The maximum Gasteiger partial charge on any atom is 0.483 e. The van der Waals surface area contributed by atoms with Crippen LogP contribution in [0.4, 0.5) is 0 Å². The summed E-state index contributed by atoms with van der Waals surface area (Å²) in [5, 5.41) is 0. The molecule has 6 heteroatoms. The summed E-state index contributed by atoms with van der Waals surface area (Å²) in [6.45, 7) is 7.25. The molecule has 0 bridgehead atoms. The second-order valence-electron chi connectivity index (χ2n) is 2.47. The molecule has 0 aromatic heterocycles. The Morgan fingerprint density at radius 3 is 1.33 bits per heavy atom. The molecule has 0 aromatic rings. The van der Waals surface area contributed by atoms with E-state index >= 15 is 0 Å². The molecule has 0 N–H and O–H groups in total. The van der Waals surface area contributed by atoms with E-state index in [1.54, 1.807) is 21.3 Å². The van der Waals surface area contributed by atoms with Crippen LogP contribution >= 0.6 is 0 Å². The number of hydrogen-bond acceptors (Lipinski definition) is 5. The van der Waals surface area contributed by atoms with Crippen molar-refractivity contribution in [1.82, 2.24) is 0 Å². The van der Waals surface area contributed by atoms with Gasteiger partial charge in [-0.2, -0.15) is 0 Å². The fourth-order valence-electron chi connectivity index (χ4n) is 0.806. The van der Waals surface area contributed by atoms with Crippen molar-refractivity contribution < 1.29 is 22.8 Å². The number of hydrogen-bond donors (Lipinski definition) is 0. The lowest BCUT2D eigenvalue weighted by Gasteiger charge is -2.09. The molecule has 0 aliphatic heterocycles. The van der Waals surface area contributed by atoms with Gasteiger partial charge in [-0.25, -0.2) is 0 Å². The summed E-state index contributed by atoms with van der Waals surface area (Å²) < 4.78 is 24.3. The monoisotopic (exact) mass is 240 g/mol. The van der Waals surface area contributed by atoms with Crippen LogP contribution in [0.15, 0.2) is 0 Å². The van der Waals surface area contributed by atoms with Crippen molar-refractivity contribution in [3.8, 4) is 0 Å². The fourth-order valence-corrected chi connectivity index (χ4v) is 1.38. The number of rotatable bonds is 7. The van der Waals surface area contributed by atoms with Gasteiger partial charge in [0, 0.05) is 34.5 Å². The van der Waals surface area contributed by atoms with Crippen molar-refractivity contribution in [2.75, 3.05) is 34.5 Å². The van der Waals surface area contributed by atoms with Crippen molar-refractivity contribution in [2.45, 2.75) is 27.1 Å². The van der Waals surface area contributed by atoms with E-state index in [4.69, 9.17) is 22.8 Å². The third-order valence-electron chi connectivity index (χ3n) is 1.38. The third-order valence-corrected chi connectivity index (χ3v) is 2.53. The second-order valence-corrected chi connectivity index (χ2v) is 4.47. The van der Waals surface area contributed by atoms with Gasteiger partial charge in [0.2, 0.25) is 0 Å². The van der Waals surface area contributed by atoms with Crippen molar-refractivity contribution in [2.24, 2.45) is 0 Å². The Hall–Kier alpha value is 0.0169. The van der Waals surface area contributed by atoms with Crippen molar-refractivity contribution >= 4 is 9.53 Å². The first-order valence-electron chi connectivity index (χ1n) is 4.97. The SMILES string of the molecule is CCOC(C)OCC.CO[SiH](OC)OC. The van der Waals surface area contributed by atoms with Crippen LogP contribution in [0.3, 0.4) is 0 Å². The van der Waals surface area contributed by atoms with Gasteiger partial charge in [-0.05, 0) is 20.8 Å². The summed E-state index contributed by atoms with van der Waals surface area (Å²) >= 11 is 0. The van der Waals surface area contributed by atoms with E-state index in [1.165, 1.54) is 0 Å². The Morgan fingerprint density at radius 1 is 0.867 bits per heavy atom. The molecule has 0 aromatic carbocycles. The first-order valence-corrected chi connectivity index (χ1v) is 6.39. The fraction of sp³-hybridized carbons (Fsp3) is 1.00. The highest BCUT2D eigenvalue weighted by Gasteiger charge is 2.04. The van der Waals surface area contributed by atoms with Gasteiger partial charge in [0.05, 0.1) is 0 Å². The normalized spacial score (nSPS) is 10.4. The van der Waals surface area contributed by atoms with E-state index in [9.17, 15) is 0 Å². The third kappa shape index (κ3) is 14.0. The van der Waals surface area contributed by atoms with Crippen LogP contribution < -0.4 is 0 Å². The summed E-state index contributed by atoms with van der Waals surface area (Å²) in [5.74, 6) is 0. The Morgan fingerprint density at radius 2 is 1.20 bits per heavy atom. The topological polar surface area (TPSA) is 46.2 Å². The minimum atomic E-state index is -1.67. The van der Waals surface area contributed by atoms with E-state index < -0.39 is 9.53 Å². The first kappa shape index (κ1) is 17.4. The van der Waals surface area contributed by atoms with Gasteiger partial charge in [0.1, 0.15) is 0 Å². The molecular weight excluding hydrogens is 216 g/mol. The molecule has 0 saturated carbocycles. The van der Waals surface area contributed by atoms with Crippen LogP contribution in [0, 0.1) is 0 Å². The summed E-state index contributed by atoms with van der Waals surface area (Å²) in [6.07, 6.45) is -0.0370. The summed E-state index contributed by atoms with van der Waals surface area (Å²) in [7, 11) is 3.05. The molecule has 0 fully saturated rings. The first-order chi connectivity index (χ1) is 7.15. The smallest absolute Gasteiger partial charge is 0.379 e. The molecule has 0 aliphatic rings. The van der Waals surface area contributed by atoms with Crippen molar-refractivity contribution in [3.05, 3.63) is 0 Å². The summed E-state index contributed by atoms with van der Waals surface area (Å²) in [5.41, 5.74) is 0. The lowest BCUT2D eigenvalue weighted by atomic mass is 10.7. The zero-order valence-corrected chi connectivity index (χ0v) is 11.8. The maximum absolute atomic E-state index is 5.06. The van der Waals surface area contributed by atoms with Crippen LogP contribution in [0.1, 0.15) is 20.8 Å². The van der Waals surface area contributed by atoms with Crippen LogP contribution in [0.2, 0.25) is 0 Å². The van der Waals surface area contributed by atoms with Gasteiger partial charge < -0.3 is 22.8 Å². The summed E-state index contributed by atoms with van der Waals surface area (Å²) in [4.78, 5) is 0. The Balaban J connectivity index is 0. The molecule has 0 saturated heterocycles. The average molecular weight is 240 g/mol. The van der Waals surface area contributed by atoms with E-state index in [2.05, 4.69) is 0 Å². The molecule has 0 rings (SSSR count). The maximum atomic E-state index is 5.06. The minimum Gasteiger partial charge on any atom is -0.379 e. The lowest BCUT2D eigenvalue weighted by molar-refractivity contribution is -0.123. The highest BCUT2D eigenvalue weighted by atomic mass is 28.3. The molecule has 0 heterocycles. The molecule has 0 amide bonds. The molecule has 15 heavy (non-hydrogen) atoms. The Kier molecular flexibility index (Phi) is 16.3. The molecule has 0 spiro atoms. The van der Waals surface area contributed by atoms with Gasteiger partial charge in [-0.3, -0.25) is 0 Å². The van der Waals surface area contributed by atoms with E-state index in [-0.39, 0.29) is 6.29 Å². The predicted molar refractivity (Wildman–Crippen MR) is 60.9 cm³/mol. The highest BCUT2D eigenvalue weighted by Crippen LogP contribution is 1.90. The molecule has 0 aliphatic carbocycles. The van der Waals surface area contributed by atoms with Crippen LogP contribution in [-0.4, -0.2) is 50.4 Å². The average Bonchev–Trinajstić information content (AvgIpc) is 2.22. The zero-order valence-electron chi connectivity index (χ0n) is 10.6. The molecule has 0 radical (unpaired) electrons. The largest absolute Gasteiger partial charge is 0.483 e. The highest BCUT2D eigenvalue weighted by molar-refractivity contribution is 6.36. The molecule has 94 valence electrons. The standard InChI is InChI=1S/C6H14O2.C3H10O3Si/c1-4-7-6(3)8-5-2;1-4-7(5-2)6-3/h6H,4-5H2,1-3H3;7H,1-3H3. The second kappa shape index (κ2) is 14.0. The van der Waals surface area contributed by atoms with Crippen LogP contribution in [-0.2, 0) is 22.8 Å². The Bertz CT molecular complexity index is 99.2. The number of ether oxygens (including phenoxy) is 2. The van der Waals surface area contributed by atoms with Gasteiger partial charge >= 0.3 is 9.53 Å². The predicted octanol–water partition coefficient (Wildman–Crippen LogP) is 1.05.